The van der Waals surface area contributed by atoms with Crippen molar-refractivity contribution in [1.29, 1.82) is 0 Å². The number of nitrogen functional groups attached to an aromatic ring is 1. The second kappa shape index (κ2) is 5.92. The molecule has 6 nitrogen and oxygen atoms in total. The first-order chi connectivity index (χ1) is 9.26. The standard InChI is InChI=1S/C13H14N4O2/c1-2-19-12(18)10-8-15-13(17-14)16-11(10)9-6-4-3-5-7-9/h3-8H,2,14H2,1H3,(H,15,16,17). The van der Waals surface area contributed by atoms with E-state index in [1.54, 1.807) is 6.92 Å². The average molecular weight is 258 g/mol. The topological polar surface area (TPSA) is 90.1 Å². The zero-order valence-corrected chi connectivity index (χ0v) is 10.5. The number of hydrogen-bond acceptors (Lipinski definition) is 6. The maximum atomic E-state index is 11.9. The highest BCUT2D eigenvalue weighted by molar-refractivity contribution is 5.96. The fourth-order valence-corrected chi connectivity index (χ4v) is 1.63. The van der Waals surface area contributed by atoms with Crippen LogP contribution in [0, 0.1) is 0 Å². The van der Waals surface area contributed by atoms with Crippen LogP contribution in [0.2, 0.25) is 0 Å². The van der Waals surface area contributed by atoms with Gasteiger partial charge in [-0.3, -0.25) is 5.43 Å². The molecule has 0 saturated heterocycles. The van der Waals surface area contributed by atoms with Crippen LogP contribution in [0.15, 0.2) is 36.5 Å². The number of aromatic nitrogens is 2. The van der Waals surface area contributed by atoms with Crippen LogP contribution >= 0.6 is 0 Å². The molecule has 0 atom stereocenters. The normalized spacial score (nSPS) is 10.0. The third kappa shape index (κ3) is 2.86. The second-order valence-corrected chi connectivity index (χ2v) is 3.69. The molecule has 0 bridgehead atoms. The molecule has 0 spiro atoms. The maximum absolute atomic E-state index is 11.9. The zero-order chi connectivity index (χ0) is 13.7. The van der Waals surface area contributed by atoms with E-state index in [0.717, 1.165) is 5.56 Å². The van der Waals surface area contributed by atoms with Crippen LogP contribution in [0.3, 0.4) is 0 Å². The molecule has 2 rings (SSSR count). The molecule has 0 amide bonds. The van der Waals surface area contributed by atoms with E-state index in [0.29, 0.717) is 17.9 Å². The first kappa shape index (κ1) is 13.0. The van der Waals surface area contributed by atoms with Gasteiger partial charge < -0.3 is 4.74 Å². The van der Waals surface area contributed by atoms with E-state index < -0.39 is 5.97 Å². The minimum atomic E-state index is -0.454. The summed E-state index contributed by atoms with van der Waals surface area (Å²) in [5, 5.41) is 0. The summed E-state index contributed by atoms with van der Waals surface area (Å²) in [6, 6.07) is 9.32. The molecule has 0 saturated carbocycles. The van der Waals surface area contributed by atoms with E-state index in [2.05, 4.69) is 15.4 Å². The Kier molecular flexibility index (Phi) is 4.04. The number of ether oxygens (including phenoxy) is 1. The summed E-state index contributed by atoms with van der Waals surface area (Å²) < 4.78 is 4.99. The molecule has 1 aromatic heterocycles. The summed E-state index contributed by atoms with van der Waals surface area (Å²) in [5.41, 5.74) is 3.96. The number of nitrogens with one attached hydrogen (secondary N) is 1. The highest BCUT2D eigenvalue weighted by atomic mass is 16.5. The number of carbonyl (C=O) groups is 1. The van der Waals surface area contributed by atoms with Gasteiger partial charge >= 0.3 is 5.97 Å². The van der Waals surface area contributed by atoms with E-state index in [4.69, 9.17) is 10.6 Å². The molecule has 0 fully saturated rings. The molecule has 1 heterocycles. The summed E-state index contributed by atoms with van der Waals surface area (Å²) in [7, 11) is 0. The van der Waals surface area contributed by atoms with Crippen LogP contribution in [0.1, 0.15) is 17.3 Å². The van der Waals surface area contributed by atoms with Gasteiger partial charge in [-0.1, -0.05) is 30.3 Å². The minimum Gasteiger partial charge on any atom is -0.462 e. The molecule has 0 aliphatic carbocycles. The lowest BCUT2D eigenvalue weighted by atomic mass is 10.1. The van der Waals surface area contributed by atoms with E-state index in [9.17, 15) is 4.79 Å². The first-order valence-corrected chi connectivity index (χ1v) is 5.82. The van der Waals surface area contributed by atoms with Gasteiger partial charge in [-0.05, 0) is 6.92 Å². The monoisotopic (exact) mass is 258 g/mol. The molecular weight excluding hydrogens is 244 g/mol. The molecule has 6 heteroatoms. The quantitative estimate of drug-likeness (QED) is 0.492. The molecule has 19 heavy (non-hydrogen) atoms. The second-order valence-electron chi connectivity index (χ2n) is 3.69. The third-order valence-corrected chi connectivity index (χ3v) is 2.46. The van der Waals surface area contributed by atoms with Crippen molar-refractivity contribution in [3.8, 4) is 11.3 Å². The number of hydrazine groups is 1. The number of esters is 1. The van der Waals surface area contributed by atoms with Crippen LogP contribution in [-0.4, -0.2) is 22.5 Å². The lowest BCUT2D eigenvalue weighted by Crippen LogP contribution is -2.14. The molecule has 0 unspecified atom stereocenters. The number of hydrogen-bond donors (Lipinski definition) is 2. The largest absolute Gasteiger partial charge is 0.462 e. The molecule has 0 aliphatic heterocycles. The van der Waals surface area contributed by atoms with Crippen molar-refractivity contribution < 1.29 is 9.53 Å². The van der Waals surface area contributed by atoms with Crippen molar-refractivity contribution in [2.75, 3.05) is 12.0 Å². The Hall–Kier alpha value is -2.47. The van der Waals surface area contributed by atoms with Gasteiger partial charge in [0, 0.05) is 11.8 Å². The first-order valence-electron chi connectivity index (χ1n) is 5.82. The molecule has 1 aromatic carbocycles. The highest BCUT2D eigenvalue weighted by Crippen LogP contribution is 2.22. The van der Waals surface area contributed by atoms with Crippen LogP contribution < -0.4 is 11.3 Å². The van der Waals surface area contributed by atoms with Gasteiger partial charge in [0.05, 0.1) is 12.3 Å². The van der Waals surface area contributed by atoms with Gasteiger partial charge in [0.1, 0.15) is 5.56 Å². The van der Waals surface area contributed by atoms with Gasteiger partial charge in [-0.2, -0.15) is 0 Å². The number of benzene rings is 1. The lowest BCUT2D eigenvalue weighted by Gasteiger charge is -2.09. The van der Waals surface area contributed by atoms with Crippen molar-refractivity contribution in [2.24, 2.45) is 5.84 Å². The molecule has 3 N–H and O–H groups in total. The Labute approximate surface area is 110 Å². The van der Waals surface area contributed by atoms with E-state index >= 15 is 0 Å². The smallest absolute Gasteiger partial charge is 0.341 e. The number of rotatable bonds is 4. The van der Waals surface area contributed by atoms with Gasteiger partial charge in [-0.25, -0.2) is 20.6 Å². The lowest BCUT2D eigenvalue weighted by molar-refractivity contribution is 0.0526. The van der Waals surface area contributed by atoms with E-state index in [1.807, 2.05) is 30.3 Å². The molecule has 0 aliphatic rings. The fourth-order valence-electron chi connectivity index (χ4n) is 1.63. The van der Waals surface area contributed by atoms with Gasteiger partial charge in [-0.15, -0.1) is 0 Å². The molecule has 2 aromatic rings. The Morgan fingerprint density at radius 1 is 1.37 bits per heavy atom. The SMILES string of the molecule is CCOC(=O)c1cnc(NN)nc1-c1ccccc1. The summed E-state index contributed by atoms with van der Waals surface area (Å²) in [6.07, 6.45) is 1.41. The van der Waals surface area contributed by atoms with Crippen molar-refractivity contribution in [3.63, 3.8) is 0 Å². The van der Waals surface area contributed by atoms with Crippen molar-refractivity contribution >= 4 is 11.9 Å². The Balaban J connectivity index is 2.52. The third-order valence-electron chi connectivity index (χ3n) is 2.46. The van der Waals surface area contributed by atoms with Gasteiger partial charge in [0.15, 0.2) is 0 Å². The molecule has 0 radical (unpaired) electrons. The molecule has 98 valence electrons. The highest BCUT2D eigenvalue weighted by Gasteiger charge is 2.16. The summed E-state index contributed by atoms with van der Waals surface area (Å²) in [4.78, 5) is 20.0. The minimum absolute atomic E-state index is 0.243. The Bertz CT molecular complexity index is 572. The van der Waals surface area contributed by atoms with Crippen molar-refractivity contribution in [1.82, 2.24) is 9.97 Å². The van der Waals surface area contributed by atoms with Crippen LogP contribution in [-0.2, 0) is 4.74 Å². The summed E-state index contributed by atoms with van der Waals surface area (Å²) in [6.45, 7) is 2.04. The van der Waals surface area contributed by atoms with Crippen molar-refractivity contribution in [3.05, 3.63) is 42.1 Å². The summed E-state index contributed by atoms with van der Waals surface area (Å²) in [5.74, 6) is 5.08. The van der Waals surface area contributed by atoms with Gasteiger partial charge in [0.2, 0.25) is 5.95 Å². The van der Waals surface area contributed by atoms with E-state index in [-0.39, 0.29) is 5.95 Å². The number of nitrogens with two attached hydrogens (primary N) is 1. The number of carbonyl (C=O) groups excluding carboxylic acids is 1. The number of nitrogens with zero attached hydrogens (tertiary/aromatic N) is 2. The molecular formula is C13H14N4O2. The Morgan fingerprint density at radius 2 is 2.11 bits per heavy atom. The van der Waals surface area contributed by atoms with E-state index in [1.165, 1.54) is 6.20 Å². The predicted molar refractivity (Wildman–Crippen MR) is 71.2 cm³/mol. The number of anilines is 1. The van der Waals surface area contributed by atoms with Crippen LogP contribution in [0.4, 0.5) is 5.95 Å². The van der Waals surface area contributed by atoms with Gasteiger partial charge in [0.25, 0.3) is 0 Å². The fraction of sp³-hybridized carbons (Fsp3) is 0.154. The predicted octanol–water partition coefficient (Wildman–Crippen LogP) is 1.61. The van der Waals surface area contributed by atoms with Crippen molar-refractivity contribution in [2.45, 2.75) is 6.92 Å². The average Bonchev–Trinajstić information content (AvgIpc) is 2.47. The van der Waals surface area contributed by atoms with Crippen LogP contribution in [0.5, 0.6) is 0 Å². The zero-order valence-electron chi connectivity index (χ0n) is 10.5. The Morgan fingerprint density at radius 3 is 2.74 bits per heavy atom. The summed E-state index contributed by atoms with van der Waals surface area (Å²) >= 11 is 0. The maximum Gasteiger partial charge on any atom is 0.341 e. The van der Waals surface area contributed by atoms with Crippen LogP contribution in [0.25, 0.3) is 11.3 Å².